The first-order chi connectivity index (χ1) is 9.49. The van der Waals surface area contributed by atoms with Crippen molar-refractivity contribution < 1.29 is 14.3 Å². The van der Waals surface area contributed by atoms with Gasteiger partial charge in [-0.2, -0.15) is 0 Å². The Morgan fingerprint density at radius 2 is 2.05 bits per heavy atom. The lowest BCUT2D eigenvalue weighted by Gasteiger charge is -2.29. The fraction of sp³-hybridized carbons (Fsp3) is 0.467. The average molecular weight is 276 g/mol. The summed E-state index contributed by atoms with van der Waals surface area (Å²) in [6, 6.07) is 7.32. The van der Waals surface area contributed by atoms with Crippen LogP contribution in [0.4, 0.5) is 5.69 Å². The van der Waals surface area contributed by atoms with Crippen LogP contribution < -0.4 is 15.0 Å². The molecule has 1 aromatic rings. The molecule has 1 aliphatic rings. The number of carbonyl (C=O) groups is 2. The number of rotatable bonds is 4. The quantitative estimate of drug-likeness (QED) is 0.908. The van der Waals surface area contributed by atoms with E-state index in [-0.39, 0.29) is 31.0 Å². The molecule has 0 fully saturated rings. The number of fused-ring (bicyclic) bond motifs is 1. The SMILES string of the molecule is CC(C)[C@@H](C)NC(=O)CN1C(=O)COc2ccccc21. The van der Waals surface area contributed by atoms with E-state index in [4.69, 9.17) is 4.74 Å². The van der Waals surface area contributed by atoms with Crippen LogP contribution in [0.3, 0.4) is 0 Å². The Bertz CT molecular complexity index is 514. The third-order valence-corrected chi connectivity index (χ3v) is 3.50. The number of para-hydroxylation sites is 2. The topological polar surface area (TPSA) is 58.6 Å². The summed E-state index contributed by atoms with van der Waals surface area (Å²) in [5.41, 5.74) is 0.649. The van der Waals surface area contributed by atoms with Crippen LogP contribution in [-0.2, 0) is 9.59 Å². The van der Waals surface area contributed by atoms with Gasteiger partial charge in [0.25, 0.3) is 5.91 Å². The molecule has 1 aliphatic heterocycles. The van der Waals surface area contributed by atoms with Gasteiger partial charge in [0.1, 0.15) is 12.3 Å². The molecule has 0 saturated heterocycles. The number of hydrogen-bond donors (Lipinski definition) is 1. The maximum atomic E-state index is 12.0. The average Bonchev–Trinajstić information content (AvgIpc) is 2.42. The van der Waals surface area contributed by atoms with Gasteiger partial charge in [-0.05, 0) is 25.0 Å². The van der Waals surface area contributed by atoms with Gasteiger partial charge in [-0.25, -0.2) is 0 Å². The number of carbonyl (C=O) groups excluding carboxylic acids is 2. The van der Waals surface area contributed by atoms with Crippen LogP contribution in [-0.4, -0.2) is 31.0 Å². The molecule has 5 heteroatoms. The normalized spacial score (nSPS) is 15.6. The molecule has 0 aliphatic carbocycles. The summed E-state index contributed by atoms with van der Waals surface area (Å²) in [4.78, 5) is 25.4. The highest BCUT2D eigenvalue weighted by Gasteiger charge is 2.27. The number of nitrogens with one attached hydrogen (secondary N) is 1. The molecule has 1 atom stereocenters. The number of anilines is 1. The minimum absolute atomic E-state index is 0.0238. The summed E-state index contributed by atoms with van der Waals surface area (Å²) in [6.45, 7) is 6.04. The Labute approximate surface area is 118 Å². The van der Waals surface area contributed by atoms with Crippen LogP contribution in [0.2, 0.25) is 0 Å². The zero-order valence-corrected chi connectivity index (χ0v) is 12.1. The molecule has 0 saturated carbocycles. The monoisotopic (exact) mass is 276 g/mol. The molecule has 1 N–H and O–H groups in total. The van der Waals surface area contributed by atoms with E-state index in [2.05, 4.69) is 5.32 Å². The van der Waals surface area contributed by atoms with Crippen LogP contribution in [0.5, 0.6) is 5.75 Å². The van der Waals surface area contributed by atoms with Gasteiger partial charge < -0.3 is 10.1 Å². The molecule has 0 bridgehead atoms. The van der Waals surface area contributed by atoms with Gasteiger partial charge in [0, 0.05) is 6.04 Å². The van der Waals surface area contributed by atoms with Crippen LogP contribution in [0.1, 0.15) is 20.8 Å². The zero-order valence-electron chi connectivity index (χ0n) is 12.1. The van der Waals surface area contributed by atoms with E-state index in [1.54, 1.807) is 12.1 Å². The Balaban J connectivity index is 2.09. The van der Waals surface area contributed by atoms with E-state index in [1.807, 2.05) is 32.9 Å². The van der Waals surface area contributed by atoms with Gasteiger partial charge in [-0.1, -0.05) is 26.0 Å². The highest BCUT2D eigenvalue weighted by Crippen LogP contribution is 2.31. The Morgan fingerprint density at radius 1 is 1.35 bits per heavy atom. The highest BCUT2D eigenvalue weighted by atomic mass is 16.5. The summed E-state index contributed by atoms with van der Waals surface area (Å²) in [5.74, 6) is 0.635. The Hall–Kier alpha value is -2.04. The molecule has 0 unspecified atom stereocenters. The van der Waals surface area contributed by atoms with E-state index in [1.165, 1.54) is 4.90 Å². The second-order valence-electron chi connectivity index (χ2n) is 5.34. The zero-order chi connectivity index (χ0) is 14.7. The third kappa shape index (κ3) is 3.10. The smallest absolute Gasteiger partial charge is 0.265 e. The van der Waals surface area contributed by atoms with Crippen molar-refractivity contribution in [1.29, 1.82) is 0 Å². The van der Waals surface area contributed by atoms with Gasteiger partial charge in [0.15, 0.2) is 6.61 Å². The summed E-state index contributed by atoms with van der Waals surface area (Å²) in [6.07, 6.45) is 0. The lowest BCUT2D eigenvalue weighted by Crippen LogP contribution is -2.47. The molecule has 1 aromatic carbocycles. The van der Waals surface area contributed by atoms with E-state index >= 15 is 0 Å². The van der Waals surface area contributed by atoms with Crippen LogP contribution in [0.15, 0.2) is 24.3 Å². The molecular weight excluding hydrogens is 256 g/mol. The maximum absolute atomic E-state index is 12.0. The molecule has 20 heavy (non-hydrogen) atoms. The number of ether oxygens (including phenoxy) is 1. The first kappa shape index (κ1) is 14.4. The number of benzene rings is 1. The summed E-state index contributed by atoms with van der Waals surface area (Å²) in [5, 5.41) is 2.90. The molecular formula is C15H20N2O3. The second kappa shape index (κ2) is 5.94. The van der Waals surface area contributed by atoms with Crippen molar-refractivity contribution in [3.8, 4) is 5.75 Å². The second-order valence-corrected chi connectivity index (χ2v) is 5.34. The number of hydrogen-bond acceptors (Lipinski definition) is 3. The Kier molecular flexibility index (Phi) is 4.27. The van der Waals surface area contributed by atoms with Crippen molar-refractivity contribution in [2.75, 3.05) is 18.1 Å². The molecule has 5 nitrogen and oxygen atoms in total. The molecule has 2 amide bonds. The van der Waals surface area contributed by atoms with Crippen molar-refractivity contribution in [3.05, 3.63) is 24.3 Å². The minimum atomic E-state index is -0.198. The Morgan fingerprint density at radius 3 is 2.75 bits per heavy atom. The first-order valence-electron chi connectivity index (χ1n) is 6.80. The van der Waals surface area contributed by atoms with E-state index in [0.717, 1.165) is 0 Å². The highest BCUT2D eigenvalue weighted by molar-refractivity contribution is 6.02. The fourth-order valence-corrected chi connectivity index (χ4v) is 1.94. The van der Waals surface area contributed by atoms with Crippen LogP contribution >= 0.6 is 0 Å². The molecule has 0 radical (unpaired) electrons. The van der Waals surface area contributed by atoms with E-state index < -0.39 is 0 Å². The van der Waals surface area contributed by atoms with Gasteiger partial charge in [-0.15, -0.1) is 0 Å². The standard InChI is InChI=1S/C15H20N2O3/c1-10(2)11(3)16-14(18)8-17-12-6-4-5-7-13(12)20-9-15(17)19/h4-7,10-11H,8-9H2,1-3H3,(H,16,18)/t11-/m1/s1. The van der Waals surface area contributed by atoms with Crippen molar-refractivity contribution in [2.45, 2.75) is 26.8 Å². The van der Waals surface area contributed by atoms with E-state index in [0.29, 0.717) is 17.4 Å². The lowest BCUT2D eigenvalue weighted by molar-refractivity contribution is -0.125. The molecule has 2 rings (SSSR count). The maximum Gasteiger partial charge on any atom is 0.265 e. The van der Waals surface area contributed by atoms with Crippen molar-refractivity contribution >= 4 is 17.5 Å². The van der Waals surface area contributed by atoms with Gasteiger partial charge in [0.05, 0.1) is 5.69 Å². The summed E-state index contributed by atoms with van der Waals surface area (Å²) in [7, 11) is 0. The molecule has 1 heterocycles. The largest absolute Gasteiger partial charge is 0.482 e. The van der Waals surface area contributed by atoms with Crippen LogP contribution in [0.25, 0.3) is 0 Å². The predicted molar refractivity (Wildman–Crippen MR) is 76.7 cm³/mol. The first-order valence-corrected chi connectivity index (χ1v) is 6.80. The van der Waals surface area contributed by atoms with E-state index in [9.17, 15) is 9.59 Å². The van der Waals surface area contributed by atoms with Gasteiger partial charge in [0.2, 0.25) is 5.91 Å². The molecule has 108 valence electrons. The van der Waals surface area contributed by atoms with Crippen molar-refractivity contribution in [2.24, 2.45) is 5.92 Å². The van der Waals surface area contributed by atoms with Gasteiger partial charge in [-0.3, -0.25) is 14.5 Å². The summed E-state index contributed by atoms with van der Waals surface area (Å²) < 4.78 is 5.34. The van der Waals surface area contributed by atoms with Gasteiger partial charge >= 0.3 is 0 Å². The van der Waals surface area contributed by atoms with Crippen molar-refractivity contribution in [1.82, 2.24) is 5.32 Å². The molecule has 0 spiro atoms. The minimum Gasteiger partial charge on any atom is -0.482 e. The number of amides is 2. The third-order valence-electron chi connectivity index (χ3n) is 3.50. The predicted octanol–water partition coefficient (Wildman–Crippen LogP) is 1.57. The number of nitrogens with zero attached hydrogens (tertiary/aromatic N) is 1. The van der Waals surface area contributed by atoms with Crippen LogP contribution in [0, 0.1) is 5.92 Å². The van der Waals surface area contributed by atoms with Crippen molar-refractivity contribution in [3.63, 3.8) is 0 Å². The fourth-order valence-electron chi connectivity index (χ4n) is 1.94. The summed E-state index contributed by atoms with van der Waals surface area (Å²) >= 11 is 0. The molecule has 0 aromatic heterocycles. The lowest BCUT2D eigenvalue weighted by atomic mass is 10.1.